The van der Waals surface area contributed by atoms with Crippen LogP contribution in [0, 0.1) is 0 Å². The lowest BCUT2D eigenvalue weighted by Crippen LogP contribution is -2.04. The molecular weight excluding hydrogens is 344 g/mol. The van der Waals surface area contributed by atoms with Crippen LogP contribution in [-0.2, 0) is 0 Å². The fourth-order valence-electron chi connectivity index (χ4n) is 2.64. The molecule has 0 radical (unpaired) electrons. The molecule has 3 N–H and O–H groups in total. The molecule has 0 atom stereocenters. The van der Waals surface area contributed by atoms with Gasteiger partial charge in [0.25, 0.3) is 0 Å². The third kappa shape index (κ3) is 2.52. The molecule has 0 saturated carbocycles. The molecule has 0 unspecified atom stereocenters. The number of hydrogen-bond donors (Lipinski definition) is 3. The Kier molecular flexibility index (Phi) is 4.25. The molecular formula is C18H16O8. The van der Waals surface area contributed by atoms with Crippen molar-refractivity contribution in [1.82, 2.24) is 0 Å². The Morgan fingerprint density at radius 1 is 0.885 bits per heavy atom. The molecule has 3 rings (SSSR count). The molecule has 1 heterocycles. The summed E-state index contributed by atoms with van der Waals surface area (Å²) in [5.41, 5.74) is -0.738. The van der Waals surface area contributed by atoms with E-state index < -0.39 is 16.9 Å². The zero-order valence-corrected chi connectivity index (χ0v) is 14.2. The second-order valence-electron chi connectivity index (χ2n) is 5.33. The van der Waals surface area contributed by atoms with Gasteiger partial charge in [0.2, 0.25) is 22.7 Å². The fraction of sp³-hybridized carbons (Fsp3) is 0.167. The number of phenolic OH excluding ortho intramolecular Hbond substituents is 2. The molecule has 0 spiro atoms. The second kappa shape index (κ2) is 6.40. The summed E-state index contributed by atoms with van der Waals surface area (Å²) in [5.74, 6) is -1.24. The minimum Gasteiger partial charge on any atom is -0.504 e. The van der Waals surface area contributed by atoms with Crippen LogP contribution in [0.4, 0.5) is 0 Å². The van der Waals surface area contributed by atoms with Crippen molar-refractivity contribution in [1.29, 1.82) is 0 Å². The first kappa shape index (κ1) is 17.3. The maximum Gasteiger partial charge on any atom is 0.235 e. The normalized spacial score (nSPS) is 10.7. The monoisotopic (exact) mass is 360 g/mol. The van der Waals surface area contributed by atoms with E-state index in [-0.39, 0.29) is 45.3 Å². The number of hydrogen-bond acceptors (Lipinski definition) is 8. The van der Waals surface area contributed by atoms with Gasteiger partial charge in [-0.25, -0.2) is 0 Å². The molecule has 26 heavy (non-hydrogen) atoms. The zero-order chi connectivity index (χ0) is 19.0. The van der Waals surface area contributed by atoms with E-state index in [1.54, 1.807) is 0 Å². The number of rotatable bonds is 4. The van der Waals surface area contributed by atoms with Gasteiger partial charge < -0.3 is 33.9 Å². The van der Waals surface area contributed by atoms with E-state index in [0.29, 0.717) is 0 Å². The predicted molar refractivity (Wildman–Crippen MR) is 92.6 cm³/mol. The summed E-state index contributed by atoms with van der Waals surface area (Å²) in [6.07, 6.45) is 0. The summed E-state index contributed by atoms with van der Waals surface area (Å²) in [6.45, 7) is 0. The molecule has 3 aromatic rings. The number of phenols is 2. The second-order valence-corrected chi connectivity index (χ2v) is 5.33. The summed E-state index contributed by atoms with van der Waals surface area (Å²) >= 11 is 0. The van der Waals surface area contributed by atoms with Gasteiger partial charge >= 0.3 is 0 Å². The predicted octanol–water partition coefficient (Wildman–Crippen LogP) is 2.60. The highest BCUT2D eigenvalue weighted by Gasteiger charge is 2.23. The molecule has 8 heteroatoms. The molecule has 0 aliphatic carbocycles. The summed E-state index contributed by atoms with van der Waals surface area (Å²) in [4.78, 5) is 12.5. The van der Waals surface area contributed by atoms with Crippen molar-refractivity contribution in [3.8, 4) is 45.8 Å². The van der Waals surface area contributed by atoms with Gasteiger partial charge in [-0.15, -0.1) is 0 Å². The first-order valence-corrected chi connectivity index (χ1v) is 7.44. The minimum atomic E-state index is -0.771. The number of aromatic hydroxyl groups is 3. The van der Waals surface area contributed by atoms with Gasteiger partial charge in [0, 0.05) is 5.56 Å². The Hall–Kier alpha value is -3.55. The molecule has 0 aliphatic heterocycles. The van der Waals surface area contributed by atoms with E-state index in [9.17, 15) is 20.1 Å². The van der Waals surface area contributed by atoms with Crippen LogP contribution in [0.1, 0.15) is 0 Å². The van der Waals surface area contributed by atoms with Gasteiger partial charge in [-0.1, -0.05) is 0 Å². The van der Waals surface area contributed by atoms with Gasteiger partial charge in [0.1, 0.15) is 0 Å². The minimum absolute atomic E-state index is 0.0163. The van der Waals surface area contributed by atoms with Gasteiger partial charge in [-0.3, -0.25) is 4.79 Å². The molecule has 2 aromatic carbocycles. The quantitative estimate of drug-likeness (QED) is 0.650. The van der Waals surface area contributed by atoms with Crippen molar-refractivity contribution >= 4 is 11.0 Å². The van der Waals surface area contributed by atoms with Crippen LogP contribution in [0.15, 0.2) is 33.5 Å². The fourth-order valence-corrected chi connectivity index (χ4v) is 2.64. The van der Waals surface area contributed by atoms with Crippen molar-refractivity contribution < 1.29 is 33.9 Å². The third-order valence-corrected chi connectivity index (χ3v) is 3.92. The van der Waals surface area contributed by atoms with E-state index >= 15 is 0 Å². The Morgan fingerprint density at radius 3 is 2.15 bits per heavy atom. The van der Waals surface area contributed by atoms with Gasteiger partial charge in [-0.05, 0) is 24.3 Å². The average Bonchev–Trinajstić information content (AvgIpc) is 2.64. The molecule has 0 amide bonds. The SMILES string of the molecule is COc1ccc(-c2oc3c(O)c(OC)c(OC)cc3c(=O)c2O)cc1O. The van der Waals surface area contributed by atoms with E-state index in [1.807, 2.05) is 0 Å². The van der Waals surface area contributed by atoms with Crippen LogP contribution in [0.5, 0.6) is 34.5 Å². The summed E-state index contributed by atoms with van der Waals surface area (Å²) in [5, 5.41) is 30.5. The Balaban J connectivity index is 2.35. The number of methoxy groups -OCH3 is 3. The molecule has 0 fully saturated rings. The maximum atomic E-state index is 12.5. The first-order valence-electron chi connectivity index (χ1n) is 7.44. The van der Waals surface area contributed by atoms with Crippen molar-refractivity contribution in [2.24, 2.45) is 0 Å². The van der Waals surface area contributed by atoms with Crippen molar-refractivity contribution in [2.75, 3.05) is 21.3 Å². The first-order chi connectivity index (χ1) is 12.4. The van der Waals surface area contributed by atoms with Gasteiger partial charge in [0.05, 0.1) is 26.7 Å². The lowest BCUT2D eigenvalue weighted by Gasteiger charge is -2.13. The summed E-state index contributed by atoms with van der Waals surface area (Å²) in [6, 6.07) is 5.50. The van der Waals surface area contributed by atoms with Gasteiger partial charge in [0.15, 0.2) is 28.6 Å². The van der Waals surface area contributed by atoms with E-state index in [0.717, 1.165) is 0 Å². The Morgan fingerprint density at radius 2 is 1.58 bits per heavy atom. The number of ether oxygens (including phenoxy) is 3. The largest absolute Gasteiger partial charge is 0.504 e. The topological polar surface area (TPSA) is 119 Å². The highest BCUT2D eigenvalue weighted by Crippen LogP contribution is 2.44. The molecule has 0 bridgehead atoms. The van der Waals surface area contributed by atoms with Crippen molar-refractivity contribution in [2.45, 2.75) is 0 Å². The smallest absolute Gasteiger partial charge is 0.235 e. The van der Waals surface area contributed by atoms with E-state index in [2.05, 4.69) is 0 Å². The Bertz CT molecular complexity index is 1050. The van der Waals surface area contributed by atoms with Crippen LogP contribution >= 0.6 is 0 Å². The summed E-state index contributed by atoms with van der Waals surface area (Å²) < 4.78 is 20.7. The lowest BCUT2D eigenvalue weighted by atomic mass is 10.1. The van der Waals surface area contributed by atoms with Crippen LogP contribution in [0.25, 0.3) is 22.3 Å². The molecule has 1 aromatic heterocycles. The van der Waals surface area contributed by atoms with Gasteiger partial charge in [-0.2, -0.15) is 0 Å². The standard InChI is InChI=1S/C18H16O8/c1-23-11-5-4-8(6-10(11)19)16-14(21)13(20)9-7-12(24-2)18(25-3)15(22)17(9)26-16/h4-7,19,21-22H,1-3H3. The van der Waals surface area contributed by atoms with Crippen LogP contribution < -0.4 is 19.6 Å². The van der Waals surface area contributed by atoms with E-state index in [4.69, 9.17) is 18.6 Å². The molecule has 0 saturated heterocycles. The van der Waals surface area contributed by atoms with Crippen LogP contribution in [0.2, 0.25) is 0 Å². The number of fused-ring (bicyclic) bond motifs is 1. The lowest BCUT2D eigenvalue weighted by molar-refractivity contribution is 0.332. The average molecular weight is 360 g/mol. The number of benzene rings is 2. The van der Waals surface area contributed by atoms with Crippen LogP contribution in [0.3, 0.4) is 0 Å². The summed E-state index contributed by atoms with van der Waals surface area (Å²) in [7, 11) is 4.06. The molecule has 8 nitrogen and oxygen atoms in total. The maximum absolute atomic E-state index is 12.5. The third-order valence-electron chi connectivity index (χ3n) is 3.92. The van der Waals surface area contributed by atoms with Crippen LogP contribution in [-0.4, -0.2) is 36.6 Å². The van der Waals surface area contributed by atoms with E-state index in [1.165, 1.54) is 45.6 Å². The molecule has 0 aliphatic rings. The highest BCUT2D eigenvalue weighted by molar-refractivity contribution is 5.90. The van der Waals surface area contributed by atoms with Crippen molar-refractivity contribution in [3.05, 3.63) is 34.5 Å². The van der Waals surface area contributed by atoms with Crippen molar-refractivity contribution in [3.63, 3.8) is 0 Å². The Labute approximate surface area is 147 Å². The molecule has 136 valence electrons. The highest BCUT2D eigenvalue weighted by atomic mass is 16.5. The zero-order valence-electron chi connectivity index (χ0n) is 14.2.